The van der Waals surface area contributed by atoms with Crippen molar-refractivity contribution >= 4 is 21.5 Å². The van der Waals surface area contributed by atoms with Gasteiger partial charge in [-0.05, 0) is 191 Å². The second-order valence-corrected chi connectivity index (χ2v) is 38.3. The number of pyridine rings is 3. The number of aromatic nitrogens is 12. The Kier molecular flexibility index (Phi) is 22.4. The number of hydrogen-bond acceptors (Lipinski definition) is 12. The summed E-state index contributed by atoms with van der Waals surface area (Å²) in [6.45, 7) is 13.9. The molecule has 3 aliphatic rings. The van der Waals surface area contributed by atoms with Crippen LogP contribution in [-0.2, 0) is 16.2 Å². The van der Waals surface area contributed by atoms with Crippen LogP contribution in [0.3, 0.4) is 0 Å². The SMILES string of the molecule is CC1(C)c2cc(-c3nc(-c4ccc(-c5ccccc5)cc4)nc(-c4ccc(-c5cccnc5)cc4)n3)ccc2-c2c1ccc1ccccc21.CC1(C)c2cc(-c3nc(-c4ccc(-c5ccccc5)cc4)nc(-c4ccc(-c5cccnc5)cc4)n3)ccc2-c2ccc3ccccc3c21.CC1(C)c2ccccc2-c2cc(-c3nc(-c4ccc(-c5ccccc5)cc4)nc(-c4ccc(-c5cccnc5)cc4)n3)ccc21. The molecule has 0 saturated carbocycles. The standard InChI is InChI=1S/2C45H32N4.C41H30N4/c1-45(2)40-27-35(23-24-38(40)39-25-22-32-11-6-7-13-37(32)41(39)45)44-48-42(33-18-14-30(15-19-33)29-9-4-3-5-10-29)47-43(49-44)34-20-16-31(17-21-34)36-12-8-26-46-28-36;1-45(2)39-25-23-32-11-6-7-13-37(32)41(39)38-24-22-35(27-40(38)45)44-48-42(33-18-14-30(15-19-33)29-9-4-3-5-10-29)47-43(49-44)34-20-16-31(17-21-34)36-12-8-26-46-28-36;1-41(2)36-13-7-6-12-34(36)35-25-32(22-23-37(35)41)40-44-38(30-18-14-28(15-19-30)27-9-4-3-5-10-27)43-39(45-40)31-20-16-29(17-21-31)33-11-8-24-42-26-33/h2*3-28H,1-2H3;3-26H,1-2H3. The summed E-state index contributed by atoms with van der Waals surface area (Å²) in [6, 6.07) is 149. The molecule has 0 saturated heterocycles. The summed E-state index contributed by atoms with van der Waals surface area (Å²) in [7, 11) is 0. The van der Waals surface area contributed by atoms with E-state index in [4.69, 9.17) is 44.9 Å². The summed E-state index contributed by atoms with van der Waals surface area (Å²) in [5.74, 6) is 5.82. The summed E-state index contributed by atoms with van der Waals surface area (Å²) in [5.41, 5.74) is 37.3. The van der Waals surface area contributed by atoms with Crippen molar-refractivity contribution in [2.24, 2.45) is 0 Å². The van der Waals surface area contributed by atoms with Gasteiger partial charge < -0.3 is 0 Å². The summed E-state index contributed by atoms with van der Waals surface area (Å²) >= 11 is 0. The van der Waals surface area contributed by atoms with E-state index >= 15 is 0 Å². The molecule has 6 heterocycles. The number of rotatable bonds is 15. The first-order chi connectivity index (χ1) is 70.1. The fourth-order valence-electron chi connectivity index (χ4n) is 20.9. The van der Waals surface area contributed by atoms with Gasteiger partial charge in [0.05, 0.1) is 0 Å². The van der Waals surface area contributed by atoms with Gasteiger partial charge in [-0.2, -0.15) is 0 Å². The lowest BCUT2D eigenvalue weighted by Gasteiger charge is -2.23. The monoisotopic (exact) mass is 1830 g/mol. The molecule has 3 aliphatic carbocycles. The fourth-order valence-corrected chi connectivity index (χ4v) is 20.9. The molecule has 0 atom stereocenters. The van der Waals surface area contributed by atoms with E-state index < -0.39 is 0 Å². The molecule has 143 heavy (non-hydrogen) atoms. The van der Waals surface area contributed by atoms with Crippen LogP contribution < -0.4 is 0 Å². The maximum atomic E-state index is 5.11. The highest BCUT2D eigenvalue weighted by atomic mass is 15.1. The van der Waals surface area contributed by atoms with Gasteiger partial charge in [-0.1, -0.05) is 430 Å². The summed E-state index contributed by atoms with van der Waals surface area (Å²) in [6.07, 6.45) is 11.0. The Hall–Kier alpha value is -18.3. The molecule has 0 aliphatic heterocycles. The van der Waals surface area contributed by atoms with E-state index in [0.717, 1.165) is 100 Å². The van der Waals surface area contributed by atoms with E-state index in [0.29, 0.717) is 52.4 Å². The smallest absolute Gasteiger partial charge is 0.164 e. The predicted octanol–water partition coefficient (Wildman–Crippen LogP) is 32.0. The lowest BCUT2D eigenvalue weighted by atomic mass is 9.80. The molecular formula is C131H94N12. The molecule has 17 aromatic carbocycles. The van der Waals surface area contributed by atoms with Crippen molar-refractivity contribution < 1.29 is 0 Å². The van der Waals surface area contributed by atoms with E-state index in [2.05, 4.69) is 445 Å². The van der Waals surface area contributed by atoms with Crippen molar-refractivity contribution in [1.82, 2.24) is 59.8 Å². The molecule has 0 spiro atoms. The van der Waals surface area contributed by atoms with Gasteiger partial charge in [0, 0.05) is 103 Å². The van der Waals surface area contributed by atoms with Crippen molar-refractivity contribution in [3.8, 4) is 203 Å². The first-order valence-corrected chi connectivity index (χ1v) is 48.5. The highest BCUT2D eigenvalue weighted by Crippen LogP contribution is 2.55. The number of benzene rings is 17. The third-order valence-corrected chi connectivity index (χ3v) is 28.5. The van der Waals surface area contributed by atoms with E-state index in [9.17, 15) is 0 Å². The molecule has 6 aromatic heterocycles. The summed E-state index contributed by atoms with van der Waals surface area (Å²) in [5, 5.41) is 5.12. The number of fused-ring (bicyclic) bond motifs is 13. The van der Waals surface area contributed by atoms with Crippen molar-refractivity contribution in [1.29, 1.82) is 0 Å². The minimum atomic E-state index is -0.185. The Labute approximate surface area is 831 Å². The van der Waals surface area contributed by atoms with Crippen molar-refractivity contribution in [3.05, 3.63) is 495 Å². The summed E-state index contributed by atoms with van der Waals surface area (Å²) < 4.78 is 0. The predicted molar refractivity (Wildman–Crippen MR) is 582 cm³/mol. The van der Waals surface area contributed by atoms with Crippen LogP contribution in [0.4, 0.5) is 0 Å². The van der Waals surface area contributed by atoms with Crippen molar-refractivity contribution in [3.63, 3.8) is 0 Å². The average Bonchev–Trinajstić information content (AvgIpc) is 1.57. The van der Waals surface area contributed by atoms with Crippen LogP contribution >= 0.6 is 0 Å². The van der Waals surface area contributed by atoms with Crippen LogP contribution in [-0.4, -0.2) is 59.8 Å². The van der Waals surface area contributed by atoms with Crippen molar-refractivity contribution in [2.45, 2.75) is 57.8 Å². The second kappa shape index (κ2) is 36.6. The van der Waals surface area contributed by atoms with E-state index in [1.165, 1.54) is 105 Å². The molecule has 0 unspecified atom stereocenters. The fraction of sp³-hybridized carbons (Fsp3) is 0.0687. The Balaban J connectivity index is 0.000000116. The molecular weight excluding hydrogens is 1740 g/mol. The van der Waals surface area contributed by atoms with Gasteiger partial charge in [-0.15, -0.1) is 0 Å². The largest absolute Gasteiger partial charge is 0.264 e. The van der Waals surface area contributed by atoms with Gasteiger partial charge >= 0.3 is 0 Å². The first kappa shape index (κ1) is 87.5. The van der Waals surface area contributed by atoms with Gasteiger partial charge in [0.1, 0.15) is 0 Å². The van der Waals surface area contributed by atoms with Gasteiger partial charge in [0.25, 0.3) is 0 Å². The topological polar surface area (TPSA) is 155 Å². The van der Waals surface area contributed by atoms with Crippen LogP contribution in [0.2, 0.25) is 0 Å². The zero-order valence-corrected chi connectivity index (χ0v) is 79.7. The Morgan fingerprint density at radius 1 is 0.154 bits per heavy atom. The minimum Gasteiger partial charge on any atom is -0.264 e. The lowest BCUT2D eigenvalue weighted by molar-refractivity contribution is 0.660. The van der Waals surface area contributed by atoms with E-state index in [1.54, 1.807) is 18.6 Å². The molecule has 678 valence electrons. The van der Waals surface area contributed by atoms with Crippen LogP contribution in [0.25, 0.3) is 224 Å². The van der Waals surface area contributed by atoms with Gasteiger partial charge in [-0.3, -0.25) is 15.0 Å². The highest BCUT2D eigenvalue weighted by molar-refractivity contribution is 6.03. The Morgan fingerprint density at radius 3 is 0.811 bits per heavy atom. The molecule has 0 fully saturated rings. The van der Waals surface area contributed by atoms with Crippen LogP contribution in [0.15, 0.2) is 462 Å². The van der Waals surface area contributed by atoms with Crippen LogP contribution in [0.1, 0.15) is 74.9 Å². The van der Waals surface area contributed by atoms with Gasteiger partial charge in [0.15, 0.2) is 52.4 Å². The second-order valence-electron chi connectivity index (χ2n) is 38.3. The molecule has 23 aromatic rings. The molecule has 0 radical (unpaired) electrons. The third-order valence-electron chi connectivity index (χ3n) is 28.5. The van der Waals surface area contributed by atoms with Crippen molar-refractivity contribution in [2.75, 3.05) is 0 Å². The molecule has 0 N–H and O–H groups in total. The maximum Gasteiger partial charge on any atom is 0.164 e. The molecule has 12 nitrogen and oxygen atoms in total. The highest BCUT2D eigenvalue weighted by Gasteiger charge is 2.40. The quantitative estimate of drug-likeness (QED) is 0.0959. The molecule has 0 bridgehead atoms. The van der Waals surface area contributed by atoms with E-state index in [1.807, 2.05) is 55.0 Å². The Morgan fingerprint density at radius 2 is 0.413 bits per heavy atom. The van der Waals surface area contributed by atoms with E-state index in [-0.39, 0.29) is 16.2 Å². The average molecular weight is 1840 g/mol. The molecule has 12 heteroatoms. The number of nitrogens with zero attached hydrogens (tertiary/aromatic N) is 12. The van der Waals surface area contributed by atoms with Gasteiger partial charge in [0.2, 0.25) is 0 Å². The third kappa shape index (κ3) is 16.7. The normalized spacial score (nSPS) is 12.9. The zero-order chi connectivity index (χ0) is 96.3. The van der Waals surface area contributed by atoms with Crippen LogP contribution in [0.5, 0.6) is 0 Å². The van der Waals surface area contributed by atoms with Gasteiger partial charge in [-0.25, -0.2) is 44.9 Å². The molecule has 26 rings (SSSR count). The summed E-state index contributed by atoms with van der Waals surface area (Å²) in [4.78, 5) is 58.5. The first-order valence-electron chi connectivity index (χ1n) is 48.5. The Bertz CT molecular complexity index is 8450. The van der Waals surface area contributed by atoms with Crippen LogP contribution in [0, 0.1) is 0 Å². The maximum absolute atomic E-state index is 5.11. The minimum absolute atomic E-state index is 0.0591. The number of hydrogen-bond donors (Lipinski definition) is 0. The molecule has 0 amide bonds. The lowest BCUT2D eigenvalue weighted by Crippen LogP contribution is -2.15. The zero-order valence-electron chi connectivity index (χ0n) is 79.7.